The molecule has 1 aromatic heterocycles. The van der Waals surface area contributed by atoms with Crippen LogP contribution in [0.3, 0.4) is 0 Å². The van der Waals surface area contributed by atoms with E-state index in [2.05, 4.69) is 20.2 Å². The van der Waals surface area contributed by atoms with Crippen molar-refractivity contribution >= 4 is 28.8 Å². The second-order valence-corrected chi connectivity index (χ2v) is 11.6. The molecule has 0 radical (unpaired) electrons. The first-order valence-corrected chi connectivity index (χ1v) is 14.0. The molecule has 3 heterocycles. The highest BCUT2D eigenvalue weighted by atomic mass is 16.3. The Morgan fingerprint density at radius 1 is 1.02 bits per heavy atom. The molecule has 40 heavy (non-hydrogen) atoms. The Labute approximate surface area is 234 Å². The van der Waals surface area contributed by atoms with Gasteiger partial charge in [0.1, 0.15) is 0 Å². The number of carbonyl (C=O) groups excluding carboxylic acids is 2. The van der Waals surface area contributed by atoms with Crippen LogP contribution >= 0.6 is 0 Å². The smallest absolute Gasteiger partial charge is 0.257 e. The molecule has 3 aromatic carbocycles. The zero-order chi connectivity index (χ0) is 27.9. The summed E-state index contributed by atoms with van der Waals surface area (Å²) in [6, 6.07) is 22.2. The molecule has 1 fully saturated rings. The number of nitrogens with zero attached hydrogens (tertiary/aromatic N) is 3. The Morgan fingerprint density at radius 2 is 1.75 bits per heavy atom. The number of aromatic amines is 1. The van der Waals surface area contributed by atoms with E-state index in [9.17, 15) is 14.7 Å². The molecule has 2 aliphatic heterocycles. The van der Waals surface area contributed by atoms with Gasteiger partial charge in [0.2, 0.25) is 11.9 Å². The first-order valence-electron chi connectivity index (χ1n) is 14.0. The number of imidazole rings is 1. The second-order valence-electron chi connectivity index (χ2n) is 11.6. The zero-order valence-corrected chi connectivity index (χ0v) is 23.0. The van der Waals surface area contributed by atoms with Gasteiger partial charge in [-0.25, -0.2) is 4.98 Å². The number of benzene rings is 3. The summed E-state index contributed by atoms with van der Waals surface area (Å²) in [5.41, 5.74) is 1.56. The molecule has 8 heteroatoms. The van der Waals surface area contributed by atoms with E-state index in [1.165, 1.54) is 24.2 Å². The first-order chi connectivity index (χ1) is 19.3. The number of carbonyl (C=O) groups is 2. The number of fused-ring (bicyclic) bond motifs is 2. The number of piperidine rings is 1. The van der Waals surface area contributed by atoms with Crippen molar-refractivity contribution in [2.24, 2.45) is 5.41 Å². The predicted octanol–water partition coefficient (Wildman–Crippen LogP) is 4.86. The van der Waals surface area contributed by atoms with E-state index in [4.69, 9.17) is 0 Å². The number of amides is 2. The fraction of sp³-hybridized carbons (Fsp3) is 0.344. The van der Waals surface area contributed by atoms with Crippen LogP contribution in [0.25, 0.3) is 11.0 Å². The maximum Gasteiger partial charge on any atom is 0.257 e. The van der Waals surface area contributed by atoms with Crippen LogP contribution in [-0.2, 0) is 17.1 Å². The van der Waals surface area contributed by atoms with Gasteiger partial charge in [-0.3, -0.25) is 19.8 Å². The Bertz CT molecular complexity index is 1560. The number of aromatic nitrogens is 2. The molecule has 0 saturated carbocycles. The van der Waals surface area contributed by atoms with Crippen molar-refractivity contribution in [3.8, 4) is 0 Å². The fourth-order valence-corrected chi connectivity index (χ4v) is 5.99. The van der Waals surface area contributed by atoms with Gasteiger partial charge >= 0.3 is 0 Å². The molecule has 1 atom stereocenters. The van der Waals surface area contributed by atoms with Crippen LogP contribution in [0.5, 0.6) is 0 Å². The number of anilines is 1. The lowest BCUT2D eigenvalue weighted by molar-refractivity contribution is -0.125. The van der Waals surface area contributed by atoms with E-state index < -0.39 is 11.1 Å². The van der Waals surface area contributed by atoms with Crippen LogP contribution in [-0.4, -0.2) is 56.3 Å². The Balaban J connectivity index is 1.29. The van der Waals surface area contributed by atoms with E-state index in [-0.39, 0.29) is 18.4 Å². The summed E-state index contributed by atoms with van der Waals surface area (Å²) in [6.07, 6.45) is 3.60. The van der Waals surface area contributed by atoms with E-state index in [1.807, 2.05) is 62.4 Å². The molecular formula is C32H35N5O3. The average Bonchev–Trinajstić information content (AvgIpc) is 3.46. The topological polar surface area (TPSA) is 102 Å². The lowest BCUT2D eigenvalue weighted by atomic mass is 9.90. The van der Waals surface area contributed by atoms with Gasteiger partial charge in [-0.05, 0) is 63.5 Å². The lowest BCUT2D eigenvalue weighted by Crippen LogP contribution is -2.44. The maximum absolute atomic E-state index is 13.5. The fourth-order valence-electron chi connectivity index (χ4n) is 5.99. The summed E-state index contributed by atoms with van der Waals surface area (Å²) in [6.45, 7) is 6.92. The van der Waals surface area contributed by atoms with Crippen LogP contribution in [0.15, 0.2) is 72.8 Å². The first kappa shape index (κ1) is 26.2. The lowest BCUT2D eigenvalue weighted by Gasteiger charge is -2.35. The number of rotatable bonds is 7. The zero-order valence-electron chi connectivity index (χ0n) is 23.0. The minimum absolute atomic E-state index is 0.0969. The minimum Gasteiger partial charge on any atom is -0.363 e. The monoisotopic (exact) mass is 537 g/mol. The summed E-state index contributed by atoms with van der Waals surface area (Å²) in [5.74, 6) is 0.0378. The average molecular weight is 538 g/mol. The molecule has 1 unspecified atom stereocenters. The SMILES string of the molecule is CC(C)(CN1CCCCC1)C(=O)Nc1nc2ccc(C3(O)c4ccccc4C(=O)N3Cc3ccccc3)cc2[nH]1. The van der Waals surface area contributed by atoms with Crippen LogP contribution < -0.4 is 5.32 Å². The molecule has 8 nitrogen and oxygen atoms in total. The molecule has 0 bridgehead atoms. The molecular weight excluding hydrogens is 502 g/mol. The summed E-state index contributed by atoms with van der Waals surface area (Å²) in [5, 5.41) is 15.2. The Morgan fingerprint density at radius 3 is 2.52 bits per heavy atom. The van der Waals surface area contributed by atoms with Crippen LogP contribution in [0, 0.1) is 5.41 Å². The number of aliphatic hydroxyl groups is 1. The van der Waals surface area contributed by atoms with Gasteiger partial charge in [-0.2, -0.15) is 0 Å². The molecule has 0 aliphatic carbocycles. The highest BCUT2D eigenvalue weighted by Gasteiger charge is 2.49. The van der Waals surface area contributed by atoms with Gasteiger partial charge in [-0.15, -0.1) is 0 Å². The van der Waals surface area contributed by atoms with Crippen LogP contribution in [0.4, 0.5) is 5.95 Å². The molecule has 1 saturated heterocycles. The second kappa shape index (κ2) is 10.2. The van der Waals surface area contributed by atoms with E-state index >= 15 is 0 Å². The molecule has 3 N–H and O–H groups in total. The third-order valence-electron chi connectivity index (χ3n) is 8.15. The molecule has 0 spiro atoms. The van der Waals surface area contributed by atoms with Crippen molar-refractivity contribution < 1.29 is 14.7 Å². The van der Waals surface area contributed by atoms with Gasteiger partial charge in [0, 0.05) is 29.8 Å². The summed E-state index contributed by atoms with van der Waals surface area (Å²) in [7, 11) is 0. The van der Waals surface area contributed by atoms with Gasteiger partial charge in [0.05, 0.1) is 16.4 Å². The third kappa shape index (κ3) is 4.67. The van der Waals surface area contributed by atoms with Crippen molar-refractivity contribution in [2.45, 2.75) is 45.4 Å². The highest BCUT2D eigenvalue weighted by Crippen LogP contribution is 2.43. The van der Waals surface area contributed by atoms with Crippen molar-refractivity contribution in [1.82, 2.24) is 19.8 Å². The normalized spacial score (nSPS) is 19.7. The molecule has 2 amide bonds. The van der Waals surface area contributed by atoms with Crippen molar-refractivity contribution in [1.29, 1.82) is 0 Å². The van der Waals surface area contributed by atoms with Crippen LogP contribution in [0.1, 0.15) is 60.2 Å². The van der Waals surface area contributed by atoms with Crippen molar-refractivity contribution in [3.63, 3.8) is 0 Å². The minimum atomic E-state index is -1.66. The largest absolute Gasteiger partial charge is 0.363 e. The quantitative estimate of drug-likeness (QED) is 0.313. The number of H-pyrrole nitrogens is 1. The molecule has 6 rings (SSSR count). The van der Waals surface area contributed by atoms with Crippen molar-refractivity contribution in [3.05, 3.63) is 95.1 Å². The van der Waals surface area contributed by atoms with E-state index in [0.29, 0.717) is 40.2 Å². The van der Waals surface area contributed by atoms with Gasteiger partial charge < -0.3 is 15.0 Å². The predicted molar refractivity (Wildman–Crippen MR) is 155 cm³/mol. The van der Waals surface area contributed by atoms with Crippen LogP contribution in [0.2, 0.25) is 0 Å². The van der Waals surface area contributed by atoms with E-state index in [1.54, 1.807) is 24.3 Å². The number of likely N-dealkylation sites (tertiary alicyclic amines) is 1. The molecule has 4 aromatic rings. The van der Waals surface area contributed by atoms with Gasteiger partial charge in [-0.1, -0.05) is 61.0 Å². The molecule has 2 aliphatic rings. The summed E-state index contributed by atoms with van der Waals surface area (Å²) < 4.78 is 0. The number of hydrogen-bond donors (Lipinski definition) is 3. The van der Waals surface area contributed by atoms with Crippen molar-refractivity contribution in [2.75, 3.05) is 25.0 Å². The van der Waals surface area contributed by atoms with E-state index in [0.717, 1.165) is 18.7 Å². The summed E-state index contributed by atoms with van der Waals surface area (Å²) in [4.78, 5) is 38.4. The standard InChI is InChI=1S/C32H35N5O3/c1-31(2,21-36-17-9-4-10-18-36)29(39)35-30-33-26-16-15-23(19-27(26)34-30)32(40)25-14-8-7-13-24(25)28(38)37(32)20-22-11-5-3-6-12-22/h3,5-8,11-16,19,40H,4,9-10,17-18,20-21H2,1-2H3,(H2,33,34,35,39). The van der Waals surface area contributed by atoms with Gasteiger partial charge in [0.25, 0.3) is 5.91 Å². The highest BCUT2D eigenvalue weighted by molar-refractivity contribution is 6.00. The Hall–Kier alpha value is -4.01. The Kier molecular flexibility index (Phi) is 6.68. The molecule has 206 valence electrons. The number of nitrogens with one attached hydrogen (secondary N) is 2. The maximum atomic E-state index is 13.5. The number of hydrogen-bond acceptors (Lipinski definition) is 5. The summed E-state index contributed by atoms with van der Waals surface area (Å²) >= 11 is 0. The van der Waals surface area contributed by atoms with Gasteiger partial charge in [0.15, 0.2) is 5.72 Å². The third-order valence-corrected chi connectivity index (χ3v) is 8.15.